The summed E-state index contributed by atoms with van der Waals surface area (Å²) in [7, 11) is 0. The van der Waals surface area contributed by atoms with Crippen molar-refractivity contribution in [2.75, 3.05) is 11.4 Å². The maximum absolute atomic E-state index is 13.3. The molecule has 1 N–H and O–H groups in total. The molecule has 0 atom stereocenters. The van der Waals surface area contributed by atoms with E-state index in [0.29, 0.717) is 12.2 Å². The molecule has 2 aliphatic rings. The summed E-state index contributed by atoms with van der Waals surface area (Å²) in [6.07, 6.45) is 5.51. The van der Waals surface area contributed by atoms with Crippen molar-refractivity contribution in [3.05, 3.63) is 30.1 Å². The van der Waals surface area contributed by atoms with E-state index in [4.69, 9.17) is 0 Å². The van der Waals surface area contributed by atoms with Crippen LogP contribution in [0.5, 0.6) is 0 Å². The van der Waals surface area contributed by atoms with Crippen molar-refractivity contribution in [2.45, 2.75) is 37.6 Å². The van der Waals surface area contributed by atoms with Gasteiger partial charge in [0.15, 0.2) is 0 Å². The molecule has 1 saturated carbocycles. The highest BCUT2D eigenvalue weighted by Gasteiger charge is 2.46. The van der Waals surface area contributed by atoms with Crippen LogP contribution in [0.4, 0.5) is 14.9 Å². The molecule has 1 aromatic rings. The third-order valence-electron chi connectivity index (χ3n) is 4.10. The van der Waals surface area contributed by atoms with Crippen LogP contribution in [0.15, 0.2) is 24.3 Å². The van der Waals surface area contributed by atoms with Gasteiger partial charge in [0.2, 0.25) is 0 Å². The van der Waals surface area contributed by atoms with E-state index in [-0.39, 0.29) is 17.4 Å². The number of rotatable bonds is 1. The standard InChI is InChI=1S/C14H17FN2O/c15-11-5-4-6-12(9-11)17-13(18)16-10-14(17)7-2-1-3-8-14/h4-6,9H,1-3,7-8,10H2,(H,16,18). The van der Waals surface area contributed by atoms with E-state index in [1.807, 2.05) is 6.07 Å². The molecule has 0 aromatic heterocycles. The number of anilines is 1. The van der Waals surface area contributed by atoms with Gasteiger partial charge >= 0.3 is 6.03 Å². The highest BCUT2D eigenvalue weighted by molar-refractivity contribution is 5.96. The lowest BCUT2D eigenvalue weighted by molar-refractivity contribution is 0.248. The lowest BCUT2D eigenvalue weighted by Crippen LogP contribution is -2.48. The molecular formula is C14H17FN2O. The second kappa shape index (κ2) is 4.26. The van der Waals surface area contributed by atoms with Crippen LogP contribution >= 0.6 is 0 Å². The first-order valence-corrected chi connectivity index (χ1v) is 6.55. The number of halogens is 1. The van der Waals surface area contributed by atoms with Crippen molar-refractivity contribution in [2.24, 2.45) is 0 Å². The fourth-order valence-corrected chi connectivity index (χ4v) is 3.23. The third kappa shape index (κ3) is 1.76. The number of urea groups is 1. The highest BCUT2D eigenvalue weighted by atomic mass is 19.1. The molecule has 0 radical (unpaired) electrons. The summed E-state index contributed by atoms with van der Waals surface area (Å²) in [5, 5.41) is 2.91. The van der Waals surface area contributed by atoms with Crippen LogP contribution in [-0.4, -0.2) is 18.1 Å². The molecule has 0 unspecified atom stereocenters. The third-order valence-corrected chi connectivity index (χ3v) is 4.10. The Balaban J connectivity index is 1.99. The Morgan fingerprint density at radius 3 is 2.72 bits per heavy atom. The first kappa shape index (κ1) is 11.5. The zero-order valence-corrected chi connectivity index (χ0v) is 10.3. The number of benzene rings is 1. The molecule has 1 aliphatic carbocycles. The van der Waals surface area contributed by atoms with E-state index in [1.54, 1.807) is 11.0 Å². The summed E-state index contributed by atoms with van der Waals surface area (Å²) in [6, 6.07) is 6.23. The number of amides is 2. The fraction of sp³-hybridized carbons (Fsp3) is 0.500. The first-order chi connectivity index (χ1) is 8.71. The van der Waals surface area contributed by atoms with E-state index >= 15 is 0 Å². The molecule has 96 valence electrons. The largest absolute Gasteiger partial charge is 0.335 e. The molecule has 2 fully saturated rings. The topological polar surface area (TPSA) is 32.3 Å². The van der Waals surface area contributed by atoms with Gasteiger partial charge in [-0.05, 0) is 31.0 Å². The quantitative estimate of drug-likeness (QED) is 0.814. The molecule has 1 aromatic carbocycles. The number of nitrogens with one attached hydrogen (secondary N) is 1. The lowest BCUT2D eigenvalue weighted by atomic mass is 9.81. The molecule has 1 heterocycles. The smallest absolute Gasteiger partial charge is 0.322 e. The Morgan fingerprint density at radius 1 is 1.22 bits per heavy atom. The molecule has 1 saturated heterocycles. The monoisotopic (exact) mass is 248 g/mol. The van der Waals surface area contributed by atoms with Crippen LogP contribution in [0, 0.1) is 5.82 Å². The Labute approximate surface area is 106 Å². The van der Waals surface area contributed by atoms with Gasteiger partial charge in [-0.3, -0.25) is 4.90 Å². The number of carbonyl (C=O) groups is 1. The molecular weight excluding hydrogens is 231 g/mol. The normalized spacial score (nSPS) is 22.3. The van der Waals surface area contributed by atoms with Gasteiger partial charge in [0, 0.05) is 12.2 Å². The highest BCUT2D eigenvalue weighted by Crippen LogP contribution is 2.39. The maximum atomic E-state index is 13.3. The zero-order chi connectivity index (χ0) is 12.6. The molecule has 2 amide bonds. The molecule has 18 heavy (non-hydrogen) atoms. The van der Waals surface area contributed by atoms with E-state index in [0.717, 1.165) is 25.7 Å². The number of nitrogens with zero attached hydrogens (tertiary/aromatic N) is 1. The summed E-state index contributed by atoms with van der Waals surface area (Å²) < 4.78 is 13.3. The Kier molecular flexibility index (Phi) is 2.73. The molecule has 3 nitrogen and oxygen atoms in total. The number of carbonyl (C=O) groups excluding carboxylic acids is 1. The molecule has 4 heteroatoms. The van der Waals surface area contributed by atoms with Crippen LogP contribution in [0.1, 0.15) is 32.1 Å². The molecule has 0 bridgehead atoms. The van der Waals surface area contributed by atoms with E-state index in [9.17, 15) is 9.18 Å². The van der Waals surface area contributed by atoms with Crippen LogP contribution in [0.3, 0.4) is 0 Å². The van der Waals surface area contributed by atoms with Gasteiger partial charge in [-0.2, -0.15) is 0 Å². The van der Waals surface area contributed by atoms with Gasteiger partial charge in [0.1, 0.15) is 5.82 Å². The molecule has 1 aliphatic heterocycles. The predicted molar refractivity (Wildman–Crippen MR) is 68.1 cm³/mol. The van der Waals surface area contributed by atoms with E-state index < -0.39 is 0 Å². The van der Waals surface area contributed by atoms with Gasteiger partial charge in [0.25, 0.3) is 0 Å². The molecule has 3 rings (SSSR count). The van der Waals surface area contributed by atoms with Crippen molar-refractivity contribution in [1.29, 1.82) is 0 Å². The fourth-order valence-electron chi connectivity index (χ4n) is 3.23. The van der Waals surface area contributed by atoms with E-state index in [1.165, 1.54) is 18.6 Å². The van der Waals surface area contributed by atoms with Gasteiger partial charge in [-0.1, -0.05) is 25.3 Å². The summed E-state index contributed by atoms with van der Waals surface area (Å²) in [6.45, 7) is 0.683. The summed E-state index contributed by atoms with van der Waals surface area (Å²) in [5.41, 5.74) is 0.537. The van der Waals surface area contributed by atoms with Crippen molar-refractivity contribution >= 4 is 11.7 Å². The SMILES string of the molecule is O=C1NCC2(CCCCC2)N1c1cccc(F)c1. The predicted octanol–water partition coefficient (Wildman–Crippen LogP) is 3.06. The van der Waals surface area contributed by atoms with Gasteiger partial charge in [0.05, 0.1) is 5.54 Å². The minimum atomic E-state index is -0.293. The van der Waals surface area contributed by atoms with E-state index in [2.05, 4.69) is 5.32 Å². The zero-order valence-electron chi connectivity index (χ0n) is 10.3. The van der Waals surface area contributed by atoms with Gasteiger partial charge in [-0.25, -0.2) is 9.18 Å². The summed E-state index contributed by atoms with van der Waals surface area (Å²) in [4.78, 5) is 13.8. The van der Waals surface area contributed by atoms with Crippen molar-refractivity contribution in [3.8, 4) is 0 Å². The van der Waals surface area contributed by atoms with Crippen LogP contribution in [0.2, 0.25) is 0 Å². The van der Waals surface area contributed by atoms with Crippen molar-refractivity contribution in [3.63, 3.8) is 0 Å². The Hall–Kier alpha value is -1.58. The van der Waals surface area contributed by atoms with Gasteiger partial charge in [-0.15, -0.1) is 0 Å². The van der Waals surface area contributed by atoms with Gasteiger partial charge < -0.3 is 5.32 Å². The van der Waals surface area contributed by atoms with Crippen LogP contribution in [-0.2, 0) is 0 Å². The summed E-state index contributed by atoms with van der Waals surface area (Å²) in [5.74, 6) is -0.293. The summed E-state index contributed by atoms with van der Waals surface area (Å²) >= 11 is 0. The van der Waals surface area contributed by atoms with Crippen molar-refractivity contribution < 1.29 is 9.18 Å². The minimum absolute atomic E-state index is 0.0949. The second-order valence-electron chi connectivity index (χ2n) is 5.26. The lowest BCUT2D eigenvalue weighted by Gasteiger charge is -2.40. The van der Waals surface area contributed by atoms with Crippen molar-refractivity contribution in [1.82, 2.24) is 5.32 Å². The number of hydrogen-bond donors (Lipinski definition) is 1. The van der Waals surface area contributed by atoms with Crippen LogP contribution < -0.4 is 10.2 Å². The Morgan fingerprint density at radius 2 is 2.00 bits per heavy atom. The maximum Gasteiger partial charge on any atom is 0.322 e. The average molecular weight is 248 g/mol. The Bertz CT molecular complexity index is 469. The number of hydrogen-bond acceptors (Lipinski definition) is 1. The average Bonchev–Trinajstić information content (AvgIpc) is 2.67. The minimum Gasteiger partial charge on any atom is -0.335 e. The van der Waals surface area contributed by atoms with Crippen LogP contribution in [0.25, 0.3) is 0 Å². The second-order valence-corrected chi connectivity index (χ2v) is 5.26. The molecule has 1 spiro atoms. The first-order valence-electron chi connectivity index (χ1n) is 6.55.